The molecule has 0 aliphatic carbocycles. The van der Waals surface area contributed by atoms with Gasteiger partial charge in [0.05, 0.1) is 0 Å². The quantitative estimate of drug-likeness (QED) is 0.789. The van der Waals surface area contributed by atoms with Crippen LogP contribution in [0.2, 0.25) is 0 Å². The van der Waals surface area contributed by atoms with Crippen molar-refractivity contribution in [1.29, 1.82) is 0 Å². The van der Waals surface area contributed by atoms with Crippen LogP contribution < -0.4 is 10.6 Å². The molecule has 0 aromatic heterocycles. The fourth-order valence-corrected chi connectivity index (χ4v) is 1.60. The van der Waals surface area contributed by atoms with Crippen LogP contribution in [0.25, 0.3) is 0 Å². The zero-order valence-electron chi connectivity index (χ0n) is 13.9. The molecule has 2 N–H and O–H groups in total. The Balaban J connectivity index is 4.63. The van der Waals surface area contributed by atoms with Crippen LogP contribution >= 0.6 is 0 Å². The molecule has 0 spiro atoms. The van der Waals surface area contributed by atoms with Crippen molar-refractivity contribution >= 4 is 12.0 Å². The highest BCUT2D eigenvalue weighted by molar-refractivity contribution is 5.85. The molecule has 0 aliphatic heterocycles. The predicted octanol–water partition coefficient (Wildman–Crippen LogP) is 2.84. The number of rotatable bonds is 6. The van der Waals surface area contributed by atoms with Crippen LogP contribution in [-0.4, -0.2) is 29.7 Å². The maximum atomic E-state index is 12.2. The Morgan fingerprint density at radius 1 is 1.10 bits per heavy atom. The van der Waals surface area contributed by atoms with E-state index >= 15 is 0 Å². The van der Waals surface area contributed by atoms with Crippen molar-refractivity contribution in [2.45, 2.75) is 79.0 Å². The van der Waals surface area contributed by atoms with Crippen LogP contribution in [0.15, 0.2) is 0 Å². The molecular weight excluding hydrogens is 256 g/mol. The summed E-state index contributed by atoms with van der Waals surface area (Å²) in [6.45, 7) is 13.4. The smallest absolute Gasteiger partial charge is 0.408 e. The van der Waals surface area contributed by atoms with Crippen LogP contribution in [0.5, 0.6) is 0 Å². The van der Waals surface area contributed by atoms with Crippen LogP contribution in [0.1, 0.15) is 61.3 Å². The molecule has 0 aromatic rings. The van der Waals surface area contributed by atoms with E-state index in [1.165, 1.54) is 0 Å². The van der Waals surface area contributed by atoms with E-state index in [2.05, 4.69) is 10.6 Å². The summed E-state index contributed by atoms with van der Waals surface area (Å²) in [4.78, 5) is 24.0. The normalized spacial score (nSPS) is 14.6. The molecule has 0 fully saturated rings. The second-order valence-electron chi connectivity index (χ2n) is 6.65. The lowest BCUT2D eigenvalue weighted by Gasteiger charge is -2.25. The Morgan fingerprint density at radius 2 is 1.65 bits per heavy atom. The molecule has 2 atom stereocenters. The number of carbonyl (C=O) groups is 2. The number of nitrogens with one attached hydrogen (secondary N) is 2. The van der Waals surface area contributed by atoms with E-state index in [-0.39, 0.29) is 11.9 Å². The molecule has 5 nitrogen and oxygen atoms in total. The van der Waals surface area contributed by atoms with E-state index in [1.807, 2.05) is 27.7 Å². The number of hydrogen-bond donors (Lipinski definition) is 2. The Morgan fingerprint density at radius 3 is 2.05 bits per heavy atom. The van der Waals surface area contributed by atoms with E-state index < -0.39 is 17.7 Å². The maximum Gasteiger partial charge on any atom is 0.408 e. The minimum absolute atomic E-state index is 0.0950. The third kappa shape index (κ3) is 8.77. The Bertz CT molecular complexity index is 322. The van der Waals surface area contributed by atoms with Gasteiger partial charge in [-0.1, -0.05) is 20.8 Å². The van der Waals surface area contributed by atoms with Gasteiger partial charge in [-0.3, -0.25) is 4.79 Å². The summed E-state index contributed by atoms with van der Waals surface area (Å²) in [6, 6.07) is -0.462. The largest absolute Gasteiger partial charge is 0.444 e. The monoisotopic (exact) mass is 286 g/mol. The summed E-state index contributed by atoms with van der Waals surface area (Å²) in [7, 11) is 0. The van der Waals surface area contributed by atoms with Crippen LogP contribution in [0.3, 0.4) is 0 Å². The number of amides is 2. The van der Waals surface area contributed by atoms with Crippen molar-refractivity contribution in [3.63, 3.8) is 0 Å². The van der Waals surface area contributed by atoms with Gasteiger partial charge in [0.15, 0.2) is 0 Å². The van der Waals surface area contributed by atoms with Gasteiger partial charge in [0.2, 0.25) is 5.91 Å². The van der Waals surface area contributed by atoms with Crippen molar-refractivity contribution in [3.8, 4) is 0 Å². The number of alkyl carbamates (subject to hydrolysis) is 1. The first-order chi connectivity index (χ1) is 9.05. The average Bonchev–Trinajstić information content (AvgIpc) is 2.24. The van der Waals surface area contributed by atoms with Gasteiger partial charge in [-0.2, -0.15) is 0 Å². The molecule has 0 heterocycles. The highest BCUT2D eigenvalue weighted by atomic mass is 16.6. The van der Waals surface area contributed by atoms with Gasteiger partial charge in [0.1, 0.15) is 11.6 Å². The molecule has 118 valence electrons. The van der Waals surface area contributed by atoms with Crippen molar-refractivity contribution in [1.82, 2.24) is 10.6 Å². The fourth-order valence-electron chi connectivity index (χ4n) is 1.60. The van der Waals surface area contributed by atoms with Crippen molar-refractivity contribution in [2.24, 2.45) is 5.92 Å². The summed E-state index contributed by atoms with van der Waals surface area (Å²) in [5, 5.41) is 5.55. The topological polar surface area (TPSA) is 67.4 Å². The third-order valence-electron chi connectivity index (χ3n) is 2.72. The number of carbonyl (C=O) groups excluding carboxylic acids is 2. The van der Waals surface area contributed by atoms with Gasteiger partial charge in [-0.25, -0.2) is 4.79 Å². The van der Waals surface area contributed by atoms with E-state index in [9.17, 15) is 9.59 Å². The minimum atomic E-state index is -0.570. The third-order valence-corrected chi connectivity index (χ3v) is 2.72. The van der Waals surface area contributed by atoms with Gasteiger partial charge in [0, 0.05) is 6.04 Å². The molecular formula is C15H30N2O3. The predicted molar refractivity (Wildman–Crippen MR) is 80.5 cm³/mol. The number of ether oxygens (including phenoxy) is 1. The Hall–Kier alpha value is -1.26. The average molecular weight is 286 g/mol. The van der Waals surface area contributed by atoms with Crippen molar-refractivity contribution < 1.29 is 14.3 Å². The van der Waals surface area contributed by atoms with E-state index in [4.69, 9.17) is 4.74 Å². The van der Waals surface area contributed by atoms with Gasteiger partial charge in [-0.15, -0.1) is 0 Å². The fraction of sp³-hybridized carbons (Fsp3) is 0.867. The van der Waals surface area contributed by atoms with Gasteiger partial charge in [0.25, 0.3) is 0 Å². The van der Waals surface area contributed by atoms with E-state index in [0.717, 1.165) is 6.42 Å². The molecule has 0 unspecified atom stereocenters. The van der Waals surface area contributed by atoms with E-state index in [1.54, 1.807) is 20.8 Å². The SMILES string of the molecule is CC[C@H](C)NC(=O)[C@H](CC(C)C)NC(=O)OC(C)(C)C. The van der Waals surface area contributed by atoms with Crippen LogP contribution in [0.4, 0.5) is 4.79 Å². The van der Waals surface area contributed by atoms with Crippen molar-refractivity contribution in [3.05, 3.63) is 0 Å². The highest BCUT2D eigenvalue weighted by Crippen LogP contribution is 2.10. The molecule has 0 radical (unpaired) electrons. The molecule has 0 rings (SSSR count). The lowest BCUT2D eigenvalue weighted by Crippen LogP contribution is -2.50. The number of hydrogen-bond acceptors (Lipinski definition) is 3. The second-order valence-corrected chi connectivity index (χ2v) is 6.65. The lowest BCUT2D eigenvalue weighted by molar-refractivity contribution is -0.124. The standard InChI is InChI=1S/C15H30N2O3/c1-8-11(4)16-13(18)12(9-10(2)3)17-14(19)20-15(5,6)7/h10-12H,8-9H2,1-7H3,(H,16,18)(H,17,19)/t11-,12-/m0/s1. The van der Waals surface area contributed by atoms with Gasteiger partial charge < -0.3 is 15.4 Å². The second kappa shape index (κ2) is 8.12. The molecule has 20 heavy (non-hydrogen) atoms. The molecule has 0 bridgehead atoms. The molecule has 0 aromatic carbocycles. The van der Waals surface area contributed by atoms with Crippen LogP contribution in [-0.2, 0) is 9.53 Å². The summed E-state index contributed by atoms with van der Waals surface area (Å²) >= 11 is 0. The lowest BCUT2D eigenvalue weighted by atomic mass is 10.0. The van der Waals surface area contributed by atoms with Crippen molar-refractivity contribution in [2.75, 3.05) is 0 Å². The molecule has 0 saturated heterocycles. The zero-order chi connectivity index (χ0) is 15.9. The summed E-state index contributed by atoms with van der Waals surface area (Å²) in [5.74, 6) is 0.150. The molecule has 0 aliphatic rings. The zero-order valence-corrected chi connectivity index (χ0v) is 13.9. The van der Waals surface area contributed by atoms with E-state index in [0.29, 0.717) is 12.3 Å². The van der Waals surface area contributed by atoms with Crippen LogP contribution in [0, 0.1) is 5.92 Å². The maximum absolute atomic E-state index is 12.2. The molecule has 5 heteroatoms. The molecule has 0 saturated carbocycles. The molecule has 2 amide bonds. The first kappa shape index (κ1) is 18.7. The summed E-state index contributed by atoms with van der Waals surface area (Å²) < 4.78 is 5.20. The first-order valence-electron chi connectivity index (χ1n) is 7.35. The minimum Gasteiger partial charge on any atom is -0.444 e. The Kier molecular flexibility index (Phi) is 7.61. The highest BCUT2D eigenvalue weighted by Gasteiger charge is 2.25. The Labute approximate surface area is 122 Å². The van der Waals surface area contributed by atoms with Gasteiger partial charge >= 0.3 is 6.09 Å². The van der Waals surface area contributed by atoms with Gasteiger partial charge in [-0.05, 0) is 46.5 Å². The first-order valence-corrected chi connectivity index (χ1v) is 7.35. The summed E-state index contributed by atoms with van der Waals surface area (Å²) in [6.07, 6.45) is 0.885. The summed E-state index contributed by atoms with van der Waals surface area (Å²) in [5.41, 5.74) is -0.570.